The molecule has 0 saturated heterocycles. The molecule has 9 heteroatoms. The molecule has 1 aromatic rings. The van der Waals surface area contributed by atoms with Gasteiger partial charge in [0, 0.05) is 11.0 Å². The van der Waals surface area contributed by atoms with Crippen molar-refractivity contribution in [3.8, 4) is 5.75 Å². The fourth-order valence-corrected chi connectivity index (χ4v) is 1.49. The summed E-state index contributed by atoms with van der Waals surface area (Å²) in [6, 6.07) is 0.768. The van der Waals surface area contributed by atoms with Crippen molar-refractivity contribution in [3.63, 3.8) is 0 Å². The molecular weight excluding hydrogens is 315 g/mol. The lowest BCUT2D eigenvalue weighted by Gasteiger charge is -2.14. The van der Waals surface area contributed by atoms with E-state index >= 15 is 0 Å². The largest absolute Gasteiger partial charge is 0.573 e. The third kappa shape index (κ3) is 3.77. The number of halogens is 6. The van der Waals surface area contributed by atoms with Gasteiger partial charge >= 0.3 is 6.36 Å². The van der Waals surface area contributed by atoms with E-state index in [1.54, 1.807) is 0 Å². The molecule has 1 heterocycles. The van der Waals surface area contributed by atoms with Gasteiger partial charge in [-0.05, 0) is 22.0 Å². The van der Waals surface area contributed by atoms with Crippen LogP contribution in [-0.2, 0) is 6.54 Å². The minimum Gasteiger partial charge on any atom is -0.404 e. The molecule has 17 heavy (non-hydrogen) atoms. The summed E-state index contributed by atoms with van der Waals surface area (Å²) in [5.74, 6) is -1.04. The maximum absolute atomic E-state index is 12.5. The number of hydrogen-bond donors (Lipinski definition) is 1. The molecule has 0 aliphatic carbocycles. The third-order valence-electron chi connectivity index (χ3n) is 1.67. The summed E-state index contributed by atoms with van der Waals surface area (Å²) in [7, 11) is 0. The summed E-state index contributed by atoms with van der Waals surface area (Å²) in [4.78, 5) is 3.33. The monoisotopic (exact) mass is 320 g/mol. The average molecular weight is 321 g/mol. The van der Waals surface area contributed by atoms with Crippen LogP contribution in [0, 0.1) is 0 Å². The van der Waals surface area contributed by atoms with Crippen LogP contribution in [0.1, 0.15) is 17.8 Å². The standard InChI is InChI=1S/C8H6BrF5N2O/c9-3-1-5(17-8(12,13)14)6(7(10)11)16-4(3)2-15/h1,7H,2,15H2. The van der Waals surface area contributed by atoms with Gasteiger partial charge in [0.15, 0.2) is 5.75 Å². The highest BCUT2D eigenvalue weighted by atomic mass is 79.9. The van der Waals surface area contributed by atoms with Crippen molar-refractivity contribution in [2.75, 3.05) is 0 Å². The number of ether oxygens (including phenoxy) is 1. The van der Waals surface area contributed by atoms with Crippen LogP contribution in [0.5, 0.6) is 5.75 Å². The molecule has 2 N–H and O–H groups in total. The van der Waals surface area contributed by atoms with Crippen LogP contribution in [0.4, 0.5) is 22.0 Å². The van der Waals surface area contributed by atoms with Crippen LogP contribution in [0.3, 0.4) is 0 Å². The van der Waals surface area contributed by atoms with Crippen molar-refractivity contribution in [1.29, 1.82) is 0 Å². The maximum Gasteiger partial charge on any atom is 0.573 e. The van der Waals surface area contributed by atoms with E-state index in [0.717, 1.165) is 6.07 Å². The second-order valence-electron chi connectivity index (χ2n) is 2.85. The highest BCUT2D eigenvalue weighted by Crippen LogP contribution is 2.34. The van der Waals surface area contributed by atoms with E-state index in [0.29, 0.717) is 0 Å². The van der Waals surface area contributed by atoms with E-state index in [2.05, 4.69) is 25.7 Å². The van der Waals surface area contributed by atoms with Gasteiger partial charge in [-0.3, -0.25) is 0 Å². The number of rotatable bonds is 3. The minimum absolute atomic E-state index is 0.0230. The molecule has 0 atom stereocenters. The summed E-state index contributed by atoms with van der Waals surface area (Å²) >= 11 is 2.86. The summed E-state index contributed by atoms with van der Waals surface area (Å²) in [5, 5.41) is 0. The molecule has 0 amide bonds. The highest BCUT2D eigenvalue weighted by Gasteiger charge is 2.34. The topological polar surface area (TPSA) is 48.1 Å². The predicted octanol–water partition coefficient (Wildman–Crippen LogP) is 3.14. The van der Waals surface area contributed by atoms with Gasteiger partial charge in [-0.15, -0.1) is 13.2 Å². The van der Waals surface area contributed by atoms with Gasteiger partial charge in [0.2, 0.25) is 0 Å². The van der Waals surface area contributed by atoms with Crippen molar-refractivity contribution in [1.82, 2.24) is 4.98 Å². The molecule has 0 unspecified atom stereocenters. The molecule has 0 aromatic carbocycles. The number of pyridine rings is 1. The summed E-state index contributed by atoms with van der Waals surface area (Å²) in [6.45, 7) is -0.188. The molecule has 0 saturated carbocycles. The third-order valence-corrected chi connectivity index (χ3v) is 2.35. The molecule has 0 bridgehead atoms. The van der Waals surface area contributed by atoms with Crippen molar-refractivity contribution in [2.24, 2.45) is 5.73 Å². The Bertz CT molecular complexity index is 410. The van der Waals surface area contributed by atoms with Crippen molar-refractivity contribution < 1.29 is 26.7 Å². The zero-order chi connectivity index (χ0) is 13.2. The zero-order valence-electron chi connectivity index (χ0n) is 8.06. The van der Waals surface area contributed by atoms with E-state index in [4.69, 9.17) is 5.73 Å². The Labute approximate surface area is 101 Å². The molecule has 0 fully saturated rings. The van der Waals surface area contributed by atoms with Gasteiger partial charge < -0.3 is 10.5 Å². The fourth-order valence-electron chi connectivity index (χ4n) is 1.03. The van der Waals surface area contributed by atoms with Gasteiger partial charge in [-0.1, -0.05) is 0 Å². The molecule has 0 radical (unpaired) electrons. The molecule has 96 valence electrons. The van der Waals surface area contributed by atoms with Crippen LogP contribution < -0.4 is 10.5 Å². The lowest BCUT2D eigenvalue weighted by Crippen LogP contribution is -2.19. The maximum atomic E-state index is 12.5. The second kappa shape index (κ2) is 5.13. The number of nitrogens with zero attached hydrogens (tertiary/aromatic N) is 1. The molecule has 0 aliphatic heterocycles. The molecule has 3 nitrogen and oxygen atoms in total. The first kappa shape index (κ1) is 14.1. The predicted molar refractivity (Wildman–Crippen MR) is 51.5 cm³/mol. The van der Waals surface area contributed by atoms with Gasteiger partial charge in [-0.2, -0.15) is 0 Å². The number of aromatic nitrogens is 1. The van der Waals surface area contributed by atoms with Crippen LogP contribution in [-0.4, -0.2) is 11.3 Å². The molecular formula is C8H6BrF5N2O. The van der Waals surface area contributed by atoms with Crippen molar-refractivity contribution in [2.45, 2.75) is 19.3 Å². The molecule has 0 aliphatic rings. The lowest BCUT2D eigenvalue weighted by molar-refractivity contribution is -0.275. The fraction of sp³-hybridized carbons (Fsp3) is 0.375. The van der Waals surface area contributed by atoms with Gasteiger partial charge in [0.05, 0.1) is 5.69 Å². The highest BCUT2D eigenvalue weighted by molar-refractivity contribution is 9.10. The van der Waals surface area contributed by atoms with Crippen molar-refractivity contribution in [3.05, 3.63) is 21.9 Å². The van der Waals surface area contributed by atoms with E-state index in [1.807, 2.05) is 0 Å². The van der Waals surface area contributed by atoms with Gasteiger partial charge in [-0.25, -0.2) is 13.8 Å². The molecule has 1 rings (SSSR count). The van der Waals surface area contributed by atoms with Gasteiger partial charge in [0.25, 0.3) is 6.43 Å². The number of alkyl halides is 5. The Morgan fingerprint density at radius 2 is 2.00 bits per heavy atom. The van der Waals surface area contributed by atoms with Crippen LogP contribution in [0.25, 0.3) is 0 Å². The Morgan fingerprint density at radius 1 is 1.41 bits per heavy atom. The minimum atomic E-state index is -5.06. The Morgan fingerprint density at radius 3 is 2.41 bits per heavy atom. The van der Waals surface area contributed by atoms with Crippen molar-refractivity contribution >= 4 is 15.9 Å². The van der Waals surface area contributed by atoms with E-state index in [9.17, 15) is 22.0 Å². The first-order valence-electron chi connectivity index (χ1n) is 4.18. The second-order valence-corrected chi connectivity index (χ2v) is 3.71. The smallest absolute Gasteiger partial charge is 0.404 e. The van der Waals surface area contributed by atoms with E-state index in [-0.39, 0.29) is 16.7 Å². The first-order valence-corrected chi connectivity index (χ1v) is 4.97. The molecule has 1 aromatic heterocycles. The molecule has 0 spiro atoms. The van der Waals surface area contributed by atoms with Crippen LogP contribution >= 0.6 is 15.9 Å². The Kier molecular flexibility index (Phi) is 4.26. The number of nitrogens with two attached hydrogens (primary N) is 1. The van der Waals surface area contributed by atoms with Crippen LogP contribution in [0.15, 0.2) is 10.5 Å². The van der Waals surface area contributed by atoms with Crippen LogP contribution in [0.2, 0.25) is 0 Å². The summed E-state index contributed by atoms with van der Waals surface area (Å²) in [5.41, 5.74) is 4.13. The van der Waals surface area contributed by atoms with E-state index < -0.39 is 24.2 Å². The Balaban J connectivity index is 3.23. The Hall–Kier alpha value is -0.960. The first-order chi connectivity index (χ1) is 7.74. The zero-order valence-corrected chi connectivity index (χ0v) is 9.65. The summed E-state index contributed by atoms with van der Waals surface area (Å²) in [6.07, 6.45) is -8.25. The lowest BCUT2D eigenvalue weighted by atomic mass is 10.3. The van der Waals surface area contributed by atoms with Gasteiger partial charge in [0.1, 0.15) is 5.69 Å². The average Bonchev–Trinajstić information content (AvgIpc) is 2.14. The normalized spacial score (nSPS) is 12.0. The quantitative estimate of drug-likeness (QED) is 0.870. The number of hydrogen-bond acceptors (Lipinski definition) is 3. The SMILES string of the molecule is NCc1nc(C(F)F)c(OC(F)(F)F)cc1Br. The van der Waals surface area contributed by atoms with E-state index in [1.165, 1.54) is 0 Å². The summed E-state index contributed by atoms with van der Waals surface area (Å²) < 4.78 is 64.4.